The van der Waals surface area contributed by atoms with Crippen molar-refractivity contribution in [3.8, 4) is 0 Å². The van der Waals surface area contributed by atoms with Crippen molar-refractivity contribution in [2.45, 2.75) is 45.9 Å². The van der Waals surface area contributed by atoms with Crippen molar-refractivity contribution in [3.63, 3.8) is 0 Å². The molecule has 0 aromatic carbocycles. The Balaban J connectivity index is 1.93. The Morgan fingerprint density at radius 1 is 1.44 bits per heavy atom. The van der Waals surface area contributed by atoms with Gasteiger partial charge in [-0.3, -0.25) is 9.59 Å². The second-order valence-electron chi connectivity index (χ2n) is 7.74. The molecule has 2 N–H and O–H groups in total. The highest BCUT2D eigenvalue weighted by atomic mass is 19.4. The minimum absolute atomic E-state index is 0.0748. The lowest BCUT2D eigenvalue weighted by molar-refractivity contribution is -0.138. The van der Waals surface area contributed by atoms with Crippen molar-refractivity contribution in [2.24, 2.45) is 11.3 Å². The summed E-state index contributed by atoms with van der Waals surface area (Å²) < 4.78 is 43.8. The van der Waals surface area contributed by atoms with E-state index in [1.807, 2.05) is 13.8 Å². The standard InChI is InChI=1S/C18H25F3N2O4/c1-10-14(13(9-27-10)18(19,20)21)16(26)23(4)8-11(24)7-22-15(25)12-5-6-17(12,2)3/h9,11-12,24H,5-8H2,1-4H3,(H,22,25). The van der Waals surface area contributed by atoms with Crippen molar-refractivity contribution in [2.75, 3.05) is 20.1 Å². The maximum absolute atomic E-state index is 13.0. The lowest BCUT2D eigenvalue weighted by Gasteiger charge is -2.43. The second kappa shape index (κ2) is 7.53. The number of likely N-dealkylation sites (N-methyl/N-ethyl adjacent to an activating group) is 1. The average molecular weight is 390 g/mol. The van der Waals surface area contributed by atoms with E-state index in [0.717, 1.165) is 17.7 Å². The van der Waals surface area contributed by atoms with Crippen LogP contribution in [0.25, 0.3) is 0 Å². The summed E-state index contributed by atoms with van der Waals surface area (Å²) in [6.07, 6.45) is -3.57. The number of aliphatic hydroxyl groups is 1. The molecule has 1 aliphatic carbocycles. The van der Waals surface area contributed by atoms with E-state index in [4.69, 9.17) is 4.42 Å². The molecule has 1 aromatic rings. The molecule has 1 saturated carbocycles. The number of hydrogen-bond acceptors (Lipinski definition) is 4. The molecule has 2 rings (SSSR count). The van der Waals surface area contributed by atoms with Gasteiger partial charge in [0, 0.05) is 26.1 Å². The van der Waals surface area contributed by atoms with E-state index in [1.54, 1.807) is 0 Å². The smallest absolute Gasteiger partial charge is 0.420 e. The van der Waals surface area contributed by atoms with Crippen molar-refractivity contribution in [3.05, 3.63) is 23.2 Å². The van der Waals surface area contributed by atoms with Gasteiger partial charge in [0.15, 0.2) is 0 Å². The van der Waals surface area contributed by atoms with E-state index in [9.17, 15) is 27.9 Å². The fourth-order valence-electron chi connectivity index (χ4n) is 3.28. The Kier molecular flexibility index (Phi) is 5.94. The van der Waals surface area contributed by atoms with Crippen LogP contribution in [0, 0.1) is 18.3 Å². The number of aryl methyl sites for hydroxylation is 1. The number of carbonyl (C=O) groups excluding carboxylic acids is 2. The summed E-state index contributed by atoms with van der Waals surface area (Å²) in [7, 11) is 1.29. The number of furan rings is 1. The number of halogens is 3. The first-order valence-electron chi connectivity index (χ1n) is 8.71. The minimum Gasteiger partial charge on any atom is -0.468 e. The summed E-state index contributed by atoms with van der Waals surface area (Å²) in [5.74, 6) is -1.33. The summed E-state index contributed by atoms with van der Waals surface area (Å²) in [4.78, 5) is 25.5. The van der Waals surface area contributed by atoms with E-state index >= 15 is 0 Å². The van der Waals surface area contributed by atoms with Crippen LogP contribution in [0.1, 0.15) is 48.4 Å². The average Bonchev–Trinajstić information content (AvgIpc) is 2.93. The first-order chi connectivity index (χ1) is 12.3. The van der Waals surface area contributed by atoms with Gasteiger partial charge in [-0.05, 0) is 25.2 Å². The number of nitrogens with one attached hydrogen (secondary N) is 1. The van der Waals surface area contributed by atoms with Gasteiger partial charge >= 0.3 is 6.18 Å². The zero-order chi connectivity index (χ0) is 20.6. The summed E-state index contributed by atoms with van der Waals surface area (Å²) >= 11 is 0. The highest BCUT2D eigenvalue weighted by molar-refractivity contribution is 5.96. The fourth-order valence-corrected chi connectivity index (χ4v) is 3.28. The lowest BCUT2D eigenvalue weighted by Crippen LogP contribution is -2.48. The molecule has 0 radical (unpaired) electrons. The first kappa shape index (κ1) is 21.3. The van der Waals surface area contributed by atoms with Gasteiger partial charge in [0.1, 0.15) is 17.6 Å². The summed E-state index contributed by atoms with van der Waals surface area (Å²) in [5, 5.41) is 12.7. The zero-order valence-corrected chi connectivity index (χ0v) is 15.8. The van der Waals surface area contributed by atoms with Gasteiger partial charge < -0.3 is 19.7 Å². The summed E-state index contributed by atoms with van der Waals surface area (Å²) in [5.41, 5.74) is -1.79. The minimum atomic E-state index is -4.72. The molecule has 1 aromatic heterocycles. The molecule has 2 atom stereocenters. The van der Waals surface area contributed by atoms with Crippen LogP contribution in [0.5, 0.6) is 0 Å². The molecule has 2 amide bonds. The number of hydrogen-bond donors (Lipinski definition) is 2. The van der Waals surface area contributed by atoms with Crippen molar-refractivity contribution < 1.29 is 32.3 Å². The predicted molar refractivity (Wildman–Crippen MR) is 90.9 cm³/mol. The molecule has 0 spiro atoms. The topological polar surface area (TPSA) is 82.8 Å². The molecule has 9 heteroatoms. The molecule has 6 nitrogen and oxygen atoms in total. The highest BCUT2D eigenvalue weighted by Crippen LogP contribution is 2.45. The molecule has 2 unspecified atom stereocenters. The third-order valence-electron chi connectivity index (χ3n) is 5.17. The second-order valence-corrected chi connectivity index (χ2v) is 7.74. The van der Waals surface area contributed by atoms with E-state index in [-0.39, 0.29) is 36.1 Å². The van der Waals surface area contributed by atoms with Crippen molar-refractivity contribution in [1.29, 1.82) is 0 Å². The Bertz CT molecular complexity index is 712. The molecule has 152 valence electrons. The van der Waals surface area contributed by atoms with Crippen LogP contribution < -0.4 is 5.32 Å². The molecule has 0 saturated heterocycles. The maximum atomic E-state index is 13.0. The quantitative estimate of drug-likeness (QED) is 0.782. The van der Waals surface area contributed by atoms with Crippen LogP contribution in [0.15, 0.2) is 10.7 Å². The van der Waals surface area contributed by atoms with E-state index in [1.165, 1.54) is 14.0 Å². The van der Waals surface area contributed by atoms with Crippen LogP contribution in [0.4, 0.5) is 13.2 Å². The highest BCUT2D eigenvalue weighted by Gasteiger charge is 2.43. The van der Waals surface area contributed by atoms with Gasteiger partial charge in [0.2, 0.25) is 5.91 Å². The number of aliphatic hydroxyl groups excluding tert-OH is 1. The predicted octanol–water partition coefficient (Wildman–Crippen LogP) is 2.59. The normalized spacial score (nSPS) is 19.9. The molecule has 0 aliphatic heterocycles. The molecule has 0 bridgehead atoms. The Morgan fingerprint density at radius 3 is 2.56 bits per heavy atom. The van der Waals surface area contributed by atoms with E-state index in [2.05, 4.69) is 5.32 Å². The number of rotatable bonds is 6. The van der Waals surface area contributed by atoms with Gasteiger partial charge in [0.25, 0.3) is 5.91 Å². The number of nitrogens with zero attached hydrogens (tertiary/aromatic N) is 1. The molecule has 27 heavy (non-hydrogen) atoms. The molecule has 1 heterocycles. The third-order valence-corrected chi connectivity index (χ3v) is 5.17. The number of carbonyl (C=O) groups is 2. The Morgan fingerprint density at radius 2 is 2.07 bits per heavy atom. The molecule has 1 fully saturated rings. The van der Waals surface area contributed by atoms with Gasteiger partial charge in [-0.25, -0.2) is 0 Å². The van der Waals surface area contributed by atoms with Gasteiger partial charge in [0.05, 0.1) is 11.7 Å². The molecular formula is C18H25F3N2O4. The van der Waals surface area contributed by atoms with Crippen molar-refractivity contribution >= 4 is 11.8 Å². The van der Waals surface area contributed by atoms with E-state index < -0.39 is 29.3 Å². The van der Waals surface area contributed by atoms with E-state index in [0.29, 0.717) is 6.26 Å². The Hall–Kier alpha value is -2.03. The summed E-state index contributed by atoms with van der Waals surface area (Å²) in [6.45, 7) is 4.95. The molecule has 1 aliphatic rings. The number of amides is 2. The summed E-state index contributed by atoms with van der Waals surface area (Å²) in [6, 6.07) is 0. The fraction of sp³-hybridized carbons (Fsp3) is 0.667. The van der Waals surface area contributed by atoms with Crippen LogP contribution in [-0.2, 0) is 11.0 Å². The SMILES string of the molecule is Cc1occ(C(F)(F)F)c1C(=O)N(C)CC(O)CNC(=O)C1CCC1(C)C. The molecular weight excluding hydrogens is 365 g/mol. The van der Waals surface area contributed by atoms with Crippen molar-refractivity contribution in [1.82, 2.24) is 10.2 Å². The zero-order valence-electron chi connectivity index (χ0n) is 15.8. The number of alkyl halides is 3. The maximum Gasteiger partial charge on any atom is 0.420 e. The van der Waals surface area contributed by atoms with Crippen LogP contribution in [0.3, 0.4) is 0 Å². The van der Waals surface area contributed by atoms with Gasteiger partial charge in [-0.15, -0.1) is 0 Å². The van der Waals surface area contributed by atoms with Gasteiger partial charge in [-0.1, -0.05) is 13.8 Å². The lowest BCUT2D eigenvalue weighted by atomic mass is 9.62. The Labute approximate surface area is 155 Å². The van der Waals surface area contributed by atoms with Gasteiger partial charge in [-0.2, -0.15) is 13.2 Å². The largest absolute Gasteiger partial charge is 0.468 e. The monoisotopic (exact) mass is 390 g/mol. The van der Waals surface area contributed by atoms with Crippen LogP contribution >= 0.6 is 0 Å². The van der Waals surface area contributed by atoms with Crippen LogP contribution in [-0.4, -0.2) is 48.1 Å². The van der Waals surface area contributed by atoms with Crippen LogP contribution in [0.2, 0.25) is 0 Å². The first-order valence-corrected chi connectivity index (χ1v) is 8.71. The third kappa shape index (κ3) is 4.63.